The molecule has 2 nitrogen and oxygen atoms in total. The van der Waals surface area contributed by atoms with Crippen molar-refractivity contribution in [3.05, 3.63) is 34.9 Å². The zero-order valence-electron chi connectivity index (χ0n) is 9.67. The van der Waals surface area contributed by atoms with Gasteiger partial charge in [-0.05, 0) is 31.9 Å². The molecule has 15 heavy (non-hydrogen) atoms. The van der Waals surface area contributed by atoms with Crippen LogP contribution in [0.25, 0.3) is 0 Å². The summed E-state index contributed by atoms with van der Waals surface area (Å²) in [6.07, 6.45) is 0.480. The highest BCUT2D eigenvalue weighted by molar-refractivity contribution is 5.82. The first-order valence-electron chi connectivity index (χ1n) is 5.29. The zero-order valence-corrected chi connectivity index (χ0v) is 9.67. The SMILES string of the molecule is CCOCC(=O)Cc1cc(C)ccc1C. The molecule has 0 heterocycles. The molecule has 0 bridgehead atoms. The van der Waals surface area contributed by atoms with Crippen molar-refractivity contribution in [1.82, 2.24) is 0 Å². The summed E-state index contributed by atoms with van der Waals surface area (Å²) in [5.74, 6) is 0.144. The zero-order chi connectivity index (χ0) is 11.3. The second kappa shape index (κ2) is 5.66. The van der Waals surface area contributed by atoms with Gasteiger partial charge in [0.2, 0.25) is 0 Å². The average Bonchev–Trinajstić information content (AvgIpc) is 2.20. The lowest BCUT2D eigenvalue weighted by Gasteiger charge is -2.06. The highest BCUT2D eigenvalue weighted by atomic mass is 16.5. The molecule has 0 amide bonds. The fraction of sp³-hybridized carbons (Fsp3) is 0.462. The molecule has 0 N–H and O–H groups in total. The lowest BCUT2D eigenvalue weighted by atomic mass is 10.0. The van der Waals surface area contributed by atoms with E-state index in [1.54, 1.807) is 0 Å². The summed E-state index contributed by atoms with van der Waals surface area (Å²) in [5, 5.41) is 0. The number of ether oxygens (including phenoxy) is 1. The van der Waals surface area contributed by atoms with E-state index in [0.29, 0.717) is 13.0 Å². The first-order valence-corrected chi connectivity index (χ1v) is 5.29. The van der Waals surface area contributed by atoms with Gasteiger partial charge in [0.05, 0.1) is 0 Å². The van der Waals surface area contributed by atoms with Crippen molar-refractivity contribution in [2.45, 2.75) is 27.2 Å². The van der Waals surface area contributed by atoms with E-state index < -0.39 is 0 Å². The van der Waals surface area contributed by atoms with Crippen molar-refractivity contribution >= 4 is 5.78 Å². The third-order valence-corrected chi connectivity index (χ3v) is 2.36. The Balaban J connectivity index is 2.63. The number of carbonyl (C=O) groups is 1. The van der Waals surface area contributed by atoms with Crippen LogP contribution in [0.1, 0.15) is 23.6 Å². The van der Waals surface area contributed by atoms with Crippen molar-refractivity contribution < 1.29 is 9.53 Å². The van der Waals surface area contributed by atoms with Gasteiger partial charge in [-0.15, -0.1) is 0 Å². The highest BCUT2D eigenvalue weighted by Crippen LogP contribution is 2.11. The minimum Gasteiger partial charge on any atom is -0.374 e. The lowest BCUT2D eigenvalue weighted by molar-refractivity contribution is -0.122. The Hall–Kier alpha value is -1.15. The molecule has 0 aliphatic carbocycles. The molecule has 0 aliphatic heterocycles. The van der Waals surface area contributed by atoms with Gasteiger partial charge in [0.1, 0.15) is 6.61 Å². The first kappa shape index (κ1) is 11.9. The van der Waals surface area contributed by atoms with E-state index in [9.17, 15) is 4.79 Å². The normalized spacial score (nSPS) is 10.3. The Kier molecular flexibility index (Phi) is 4.50. The number of benzene rings is 1. The maximum Gasteiger partial charge on any atom is 0.162 e. The number of Topliss-reactive ketones (excluding diaryl/α,β-unsaturated/α-hetero) is 1. The molecule has 0 aliphatic rings. The van der Waals surface area contributed by atoms with Gasteiger partial charge >= 0.3 is 0 Å². The number of carbonyl (C=O) groups excluding carboxylic acids is 1. The van der Waals surface area contributed by atoms with E-state index in [1.165, 1.54) is 11.1 Å². The Morgan fingerprint density at radius 3 is 2.73 bits per heavy atom. The van der Waals surface area contributed by atoms with Crippen LogP contribution in [-0.4, -0.2) is 19.0 Å². The maximum atomic E-state index is 11.5. The Morgan fingerprint density at radius 1 is 1.33 bits per heavy atom. The molecule has 1 aromatic rings. The molecule has 0 aromatic heterocycles. The number of aryl methyl sites for hydroxylation is 2. The van der Waals surface area contributed by atoms with Gasteiger partial charge in [-0.25, -0.2) is 0 Å². The monoisotopic (exact) mass is 206 g/mol. The van der Waals surface area contributed by atoms with Crippen molar-refractivity contribution in [1.29, 1.82) is 0 Å². The molecule has 82 valence electrons. The van der Waals surface area contributed by atoms with Gasteiger partial charge in [-0.2, -0.15) is 0 Å². The molecule has 1 aromatic carbocycles. The minimum atomic E-state index is 0.144. The lowest BCUT2D eigenvalue weighted by Crippen LogP contribution is -2.12. The predicted octanol–water partition coefficient (Wildman–Crippen LogP) is 2.45. The van der Waals surface area contributed by atoms with Crippen LogP contribution in [0.15, 0.2) is 18.2 Å². The summed E-state index contributed by atoms with van der Waals surface area (Å²) >= 11 is 0. The van der Waals surface area contributed by atoms with Gasteiger partial charge in [0, 0.05) is 13.0 Å². The van der Waals surface area contributed by atoms with Gasteiger partial charge in [0.25, 0.3) is 0 Å². The van der Waals surface area contributed by atoms with Gasteiger partial charge in [-0.3, -0.25) is 4.79 Å². The van der Waals surface area contributed by atoms with Gasteiger partial charge < -0.3 is 4.74 Å². The molecular weight excluding hydrogens is 188 g/mol. The van der Waals surface area contributed by atoms with E-state index >= 15 is 0 Å². The molecular formula is C13H18O2. The maximum absolute atomic E-state index is 11.5. The van der Waals surface area contributed by atoms with Crippen LogP contribution < -0.4 is 0 Å². The van der Waals surface area contributed by atoms with Crippen LogP contribution in [0.3, 0.4) is 0 Å². The second-order valence-corrected chi connectivity index (χ2v) is 3.78. The largest absolute Gasteiger partial charge is 0.374 e. The van der Waals surface area contributed by atoms with Crippen LogP contribution in [-0.2, 0) is 16.0 Å². The molecule has 0 atom stereocenters. The predicted molar refractivity (Wildman–Crippen MR) is 61.1 cm³/mol. The van der Waals surface area contributed by atoms with E-state index in [2.05, 4.69) is 18.2 Å². The minimum absolute atomic E-state index is 0.144. The Morgan fingerprint density at radius 2 is 2.07 bits per heavy atom. The summed E-state index contributed by atoms with van der Waals surface area (Å²) in [6, 6.07) is 6.18. The number of rotatable bonds is 5. The smallest absolute Gasteiger partial charge is 0.162 e. The molecule has 0 saturated carbocycles. The molecule has 1 rings (SSSR count). The molecule has 0 unspecified atom stereocenters. The Bertz CT molecular complexity index is 342. The van der Waals surface area contributed by atoms with Crippen molar-refractivity contribution in [3.63, 3.8) is 0 Å². The topological polar surface area (TPSA) is 26.3 Å². The van der Waals surface area contributed by atoms with Crippen molar-refractivity contribution in [3.8, 4) is 0 Å². The average molecular weight is 206 g/mol. The molecule has 0 spiro atoms. The van der Waals surface area contributed by atoms with E-state index in [1.807, 2.05) is 20.8 Å². The second-order valence-electron chi connectivity index (χ2n) is 3.78. The van der Waals surface area contributed by atoms with Crippen LogP contribution in [0.2, 0.25) is 0 Å². The Labute approximate surface area is 91.3 Å². The number of hydrogen-bond acceptors (Lipinski definition) is 2. The summed E-state index contributed by atoms with van der Waals surface area (Å²) in [7, 11) is 0. The fourth-order valence-corrected chi connectivity index (χ4v) is 1.47. The molecule has 2 heteroatoms. The standard InChI is InChI=1S/C13H18O2/c1-4-15-9-13(14)8-12-7-10(2)5-6-11(12)3/h5-7H,4,8-9H2,1-3H3. The van der Waals surface area contributed by atoms with Crippen LogP contribution in [0.5, 0.6) is 0 Å². The van der Waals surface area contributed by atoms with Crippen LogP contribution in [0, 0.1) is 13.8 Å². The fourth-order valence-electron chi connectivity index (χ4n) is 1.47. The van der Waals surface area contributed by atoms with E-state index in [0.717, 1.165) is 5.56 Å². The van der Waals surface area contributed by atoms with Crippen molar-refractivity contribution in [2.24, 2.45) is 0 Å². The first-order chi connectivity index (χ1) is 7.13. The number of hydrogen-bond donors (Lipinski definition) is 0. The molecule has 0 radical (unpaired) electrons. The third-order valence-electron chi connectivity index (χ3n) is 2.36. The van der Waals surface area contributed by atoms with E-state index in [4.69, 9.17) is 4.74 Å². The van der Waals surface area contributed by atoms with Crippen LogP contribution in [0.4, 0.5) is 0 Å². The highest BCUT2D eigenvalue weighted by Gasteiger charge is 2.06. The summed E-state index contributed by atoms with van der Waals surface area (Å²) in [6.45, 7) is 6.78. The molecule has 0 fully saturated rings. The summed E-state index contributed by atoms with van der Waals surface area (Å²) in [4.78, 5) is 11.5. The van der Waals surface area contributed by atoms with Gasteiger partial charge in [-0.1, -0.05) is 23.8 Å². The third kappa shape index (κ3) is 3.84. The van der Waals surface area contributed by atoms with E-state index in [-0.39, 0.29) is 12.4 Å². The molecule has 0 saturated heterocycles. The van der Waals surface area contributed by atoms with Gasteiger partial charge in [0.15, 0.2) is 5.78 Å². The van der Waals surface area contributed by atoms with Crippen molar-refractivity contribution in [2.75, 3.05) is 13.2 Å². The summed E-state index contributed by atoms with van der Waals surface area (Å²) in [5.41, 5.74) is 3.48. The summed E-state index contributed by atoms with van der Waals surface area (Å²) < 4.78 is 5.09. The van der Waals surface area contributed by atoms with Crippen LogP contribution >= 0.6 is 0 Å². The quantitative estimate of drug-likeness (QED) is 0.739. The number of ketones is 1.